The van der Waals surface area contributed by atoms with Gasteiger partial charge < -0.3 is 9.84 Å². The van der Waals surface area contributed by atoms with Gasteiger partial charge in [0.25, 0.3) is 0 Å². The van der Waals surface area contributed by atoms with Gasteiger partial charge in [0.2, 0.25) is 0 Å². The van der Waals surface area contributed by atoms with Gasteiger partial charge >= 0.3 is 0 Å². The van der Waals surface area contributed by atoms with Crippen molar-refractivity contribution in [3.05, 3.63) is 65.2 Å². The van der Waals surface area contributed by atoms with Crippen LogP contribution in [-0.2, 0) is 12.1 Å². The first kappa shape index (κ1) is 16.0. The highest BCUT2D eigenvalue weighted by atomic mass is 16.5. The number of hydrogen-bond acceptors (Lipinski definition) is 3. The SMILES string of the molecule is COc1ccc(C2(O)CCN(Cc3ccc(C)cc3)CC2)cc1. The van der Waals surface area contributed by atoms with E-state index in [1.165, 1.54) is 11.1 Å². The molecule has 0 atom stereocenters. The minimum atomic E-state index is -0.712. The topological polar surface area (TPSA) is 32.7 Å². The molecule has 23 heavy (non-hydrogen) atoms. The maximum atomic E-state index is 11.0. The molecule has 0 amide bonds. The number of likely N-dealkylation sites (tertiary alicyclic amines) is 1. The predicted octanol–water partition coefficient (Wildman–Crippen LogP) is 3.49. The molecular formula is C20H25NO2. The van der Waals surface area contributed by atoms with Gasteiger partial charge in [-0.25, -0.2) is 0 Å². The molecule has 122 valence electrons. The third-order valence-electron chi connectivity index (χ3n) is 4.84. The van der Waals surface area contributed by atoms with Crippen LogP contribution in [0.15, 0.2) is 48.5 Å². The zero-order valence-electron chi connectivity index (χ0n) is 14.0. The van der Waals surface area contributed by atoms with Gasteiger partial charge in [0, 0.05) is 19.6 Å². The summed E-state index contributed by atoms with van der Waals surface area (Å²) in [5, 5.41) is 11.0. The van der Waals surface area contributed by atoms with Crippen molar-refractivity contribution in [1.82, 2.24) is 4.90 Å². The molecule has 2 aromatic carbocycles. The molecule has 0 radical (unpaired) electrons. The van der Waals surface area contributed by atoms with E-state index in [2.05, 4.69) is 36.1 Å². The lowest BCUT2D eigenvalue weighted by molar-refractivity contribution is -0.0277. The summed E-state index contributed by atoms with van der Waals surface area (Å²) < 4.78 is 5.19. The Hall–Kier alpha value is -1.84. The van der Waals surface area contributed by atoms with Crippen molar-refractivity contribution < 1.29 is 9.84 Å². The summed E-state index contributed by atoms with van der Waals surface area (Å²) in [6.07, 6.45) is 1.54. The van der Waals surface area contributed by atoms with E-state index in [0.717, 1.165) is 43.8 Å². The molecule has 1 aliphatic rings. The lowest BCUT2D eigenvalue weighted by Crippen LogP contribution is -2.42. The Morgan fingerprint density at radius 1 is 1.00 bits per heavy atom. The number of methoxy groups -OCH3 is 1. The highest BCUT2D eigenvalue weighted by molar-refractivity contribution is 5.31. The minimum Gasteiger partial charge on any atom is -0.497 e. The van der Waals surface area contributed by atoms with E-state index < -0.39 is 5.60 Å². The molecule has 1 fully saturated rings. The monoisotopic (exact) mass is 311 g/mol. The molecule has 0 bridgehead atoms. The molecule has 1 N–H and O–H groups in total. The van der Waals surface area contributed by atoms with Crippen LogP contribution in [0.5, 0.6) is 5.75 Å². The summed E-state index contributed by atoms with van der Waals surface area (Å²) in [5.74, 6) is 0.828. The number of aryl methyl sites for hydroxylation is 1. The number of piperidine rings is 1. The fourth-order valence-corrected chi connectivity index (χ4v) is 3.22. The van der Waals surface area contributed by atoms with Crippen molar-refractivity contribution >= 4 is 0 Å². The number of rotatable bonds is 4. The summed E-state index contributed by atoms with van der Waals surface area (Å²) in [4.78, 5) is 2.42. The molecule has 3 heteroatoms. The molecule has 0 spiro atoms. The van der Waals surface area contributed by atoms with Gasteiger partial charge in [-0.05, 0) is 43.0 Å². The van der Waals surface area contributed by atoms with E-state index in [0.29, 0.717) is 0 Å². The Bertz CT molecular complexity index is 626. The van der Waals surface area contributed by atoms with Gasteiger partial charge in [0.1, 0.15) is 5.75 Å². The second kappa shape index (κ2) is 6.73. The van der Waals surface area contributed by atoms with Gasteiger partial charge in [0.15, 0.2) is 0 Å². The Morgan fingerprint density at radius 3 is 2.17 bits per heavy atom. The van der Waals surface area contributed by atoms with Gasteiger partial charge in [-0.15, -0.1) is 0 Å². The predicted molar refractivity (Wildman–Crippen MR) is 92.6 cm³/mol. The Kier molecular flexibility index (Phi) is 4.69. The number of benzene rings is 2. The van der Waals surface area contributed by atoms with E-state index in [-0.39, 0.29) is 0 Å². The highest BCUT2D eigenvalue weighted by Gasteiger charge is 2.33. The first-order chi connectivity index (χ1) is 11.1. The maximum Gasteiger partial charge on any atom is 0.118 e. The quantitative estimate of drug-likeness (QED) is 0.938. The standard InChI is InChI=1S/C20H25NO2/c1-16-3-5-17(6-4-16)15-21-13-11-20(22,12-14-21)18-7-9-19(23-2)10-8-18/h3-10,22H,11-15H2,1-2H3. The van der Waals surface area contributed by atoms with Crippen LogP contribution in [0.3, 0.4) is 0 Å². The smallest absolute Gasteiger partial charge is 0.118 e. The van der Waals surface area contributed by atoms with E-state index in [9.17, 15) is 5.11 Å². The molecule has 0 unspecified atom stereocenters. The van der Waals surface area contributed by atoms with Crippen molar-refractivity contribution in [3.8, 4) is 5.75 Å². The fraction of sp³-hybridized carbons (Fsp3) is 0.400. The van der Waals surface area contributed by atoms with Crippen molar-refractivity contribution in [1.29, 1.82) is 0 Å². The van der Waals surface area contributed by atoms with Crippen LogP contribution in [0.2, 0.25) is 0 Å². The number of ether oxygens (including phenoxy) is 1. The highest BCUT2D eigenvalue weighted by Crippen LogP contribution is 2.34. The van der Waals surface area contributed by atoms with Gasteiger partial charge in [-0.2, -0.15) is 0 Å². The van der Waals surface area contributed by atoms with Crippen LogP contribution in [0.1, 0.15) is 29.5 Å². The van der Waals surface area contributed by atoms with Gasteiger partial charge in [-0.3, -0.25) is 4.90 Å². The molecule has 1 saturated heterocycles. The van der Waals surface area contributed by atoms with E-state index in [1.807, 2.05) is 24.3 Å². The van der Waals surface area contributed by atoms with Crippen LogP contribution < -0.4 is 4.74 Å². The molecule has 0 saturated carbocycles. The minimum absolute atomic E-state index is 0.712. The molecule has 3 rings (SSSR count). The lowest BCUT2D eigenvalue weighted by atomic mass is 9.84. The van der Waals surface area contributed by atoms with E-state index in [4.69, 9.17) is 4.74 Å². The molecule has 0 aliphatic carbocycles. The Balaban J connectivity index is 1.61. The Labute approximate surface area is 138 Å². The summed E-state index contributed by atoms with van der Waals surface area (Å²) in [6.45, 7) is 4.89. The first-order valence-electron chi connectivity index (χ1n) is 8.24. The zero-order chi connectivity index (χ0) is 16.3. The average Bonchev–Trinajstić information content (AvgIpc) is 2.59. The van der Waals surface area contributed by atoms with Crippen molar-refractivity contribution in [2.45, 2.75) is 31.9 Å². The average molecular weight is 311 g/mol. The van der Waals surface area contributed by atoms with Crippen LogP contribution >= 0.6 is 0 Å². The lowest BCUT2D eigenvalue weighted by Gasteiger charge is -2.38. The van der Waals surface area contributed by atoms with Crippen LogP contribution in [-0.4, -0.2) is 30.2 Å². The van der Waals surface area contributed by atoms with Gasteiger partial charge in [0.05, 0.1) is 12.7 Å². The number of nitrogens with zero attached hydrogens (tertiary/aromatic N) is 1. The molecule has 1 aliphatic heterocycles. The largest absolute Gasteiger partial charge is 0.497 e. The fourth-order valence-electron chi connectivity index (χ4n) is 3.22. The summed E-state index contributed by atoms with van der Waals surface area (Å²) >= 11 is 0. The Morgan fingerprint density at radius 2 is 1.61 bits per heavy atom. The number of aliphatic hydroxyl groups is 1. The zero-order valence-corrected chi connectivity index (χ0v) is 14.0. The van der Waals surface area contributed by atoms with Crippen LogP contribution in [0.4, 0.5) is 0 Å². The molecule has 0 aromatic heterocycles. The second-order valence-electron chi connectivity index (χ2n) is 6.52. The molecule has 2 aromatic rings. The summed E-state index contributed by atoms with van der Waals surface area (Å²) in [5.41, 5.74) is 2.91. The van der Waals surface area contributed by atoms with Gasteiger partial charge in [-0.1, -0.05) is 42.0 Å². The van der Waals surface area contributed by atoms with E-state index >= 15 is 0 Å². The molecule has 3 nitrogen and oxygen atoms in total. The number of hydrogen-bond donors (Lipinski definition) is 1. The third-order valence-corrected chi connectivity index (χ3v) is 4.84. The van der Waals surface area contributed by atoms with Crippen molar-refractivity contribution in [2.75, 3.05) is 20.2 Å². The van der Waals surface area contributed by atoms with E-state index in [1.54, 1.807) is 7.11 Å². The normalized spacial score (nSPS) is 17.9. The molecular weight excluding hydrogens is 286 g/mol. The molecule has 1 heterocycles. The van der Waals surface area contributed by atoms with Crippen molar-refractivity contribution in [3.63, 3.8) is 0 Å². The maximum absolute atomic E-state index is 11.0. The van der Waals surface area contributed by atoms with Crippen LogP contribution in [0, 0.1) is 6.92 Å². The summed E-state index contributed by atoms with van der Waals surface area (Å²) in [7, 11) is 1.66. The first-order valence-corrected chi connectivity index (χ1v) is 8.24. The second-order valence-corrected chi connectivity index (χ2v) is 6.52. The summed E-state index contributed by atoms with van der Waals surface area (Å²) in [6, 6.07) is 16.5. The third kappa shape index (κ3) is 3.74. The van der Waals surface area contributed by atoms with Crippen LogP contribution in [0.25, 0.3) is 0 Å². The van der Waals surface area contributed by atoms with Crippen molar-refractivity contribution in [2.24, 2.45) is 0 Å².